The average molecular weight is 366 g/mol. The maximum atomic E-state index is 5.57. The Kier molecular flexibility index (Phi) is 4.19. The van der Waals surface area contributed by atoms with Crippen LogP contribution in [0.1, 0.15) is 36.7 Å². The smallest absolute Gasteiger partial charge is 0.151 e. The first-order valence-electron chi connectivity index (χ1n) is 9.92. The third-order valence-corrected chi connectivity index (χ3v) is 6.09. The second kappa shape index (κ2) is 6.71. The Bertz CT molecular complexity index is 827. The lowest BCUT2D eigenvalue weighted by Crippen LogP contribution is -2.30. The molecule has 0 N–H and O–H groups in total. The highest BCUT2D eigenvalue weighted by Gasteiger charge is 2.41. The van der Waals surface area contributed by atoms with Crippen molar-refractivity contribution in [2.45, 2.75) is 32.8 Å². The summed E-state index contributed by atoms with van der Waals surface area (Å²) in [7, 11) is 0. The lowest BCUT2D eigenvalue weighted by molar-refractivity contribution is 0.109. The van der Waals surface area contributed by atoms with E-state index in [1.165, 1.54) is 5.56 Å². The summed E-state index contributed by atoms with van der Waals surface area (Å²) in [5.41, 5.74) is 3.41. The Morgan fingerprint density at radius 1 is 0.963 bits per heavy atom. The van der Waals surface area contributed by atoms with Crippen molar-refractivity contribution < 1.29 is 4.74 Å². The van der Waals surface area contributed by atoms with Crippen LogP contribution < -0.4 is 9.80 Å². The minimum absolute atomic E-state index is 0.427. The van der Waals surface area contributed by atoms with E-state index in [0.29, 0.717) is 24.4 Å². The molecule has 0 radical (unpaired) electrons. The molecule has 0 saturated carbocycles. The zero-order valence-corrected chi connectivity index (χ0v) is 16.0. The summed E-state index contributed by atoms with van der Waals surface area (Å²) in [6, 6.07) is 4.33. The van der Waals surface area contributed by atoms with Crippen LogP contribution in [0.2, 0.25) is 0 Å². The summed E-state index contributed by atoms with van der Waals surface area (Å²) in [4.78, 5) is 13.7. The lowest BCUT2D eigenvalue weighted by atomic mass is 10.0. The maximum absolute atomic E-state index is 5.57. The summed E-state index contributed by atoms with van der Waals surface area (Å²) in [6.45, 7) is 9.95. The summed E-state index contributed by atoms with van der Waals surface area (Å²) in [6.07, 6.45) is 2.58. The van der Waals surface area contributed by atoms with Crippen LogP contribution in [-0.4, -0.2) is 53.0 Å². The summed E-state index contributed by atoms with van der Waals surface area (Å²) < 4.78 is 5.57. The van der Waals surface area contributed by atoms with Crippen molar-refractivity contribution in [2.24, 2.45) is 11.8 Å². The monoisotopic (exact) mass is 366 g/mol. The fraction of sp³-hybridized carbons (Fsp3) is 0.600. The molecule has 142 valence electrons. The van der Waals surface area contributed by atoms with E-state index in [-0.39, 0.29) is 0 Å². The third-order valence-electron chi connectivity index (χ3n) is 6.09. The molecule has 3 aliphatic heterocycles. The van der Waals surface area contributed by atoms with Gasteiger partial charge in [0.1, 0.15) is 12.1 Å². The first-order chi connectivity index (χ1) is 13.2. The molecule has 3 aliphatic rings. The van der Waals surface area contributed by atoms with Gasteiger partial charge in [-0.05, 0) is 12.0 Å². The second-order valence-corrected chi connectivity index (χ2v) is 8.26. The van der Waals surface area contributed by atoms with E-state index in [4.69, 9.17) is 4.74 Å². The van der Waals surface area contributed by atoms with Gasteiger partial charge in [-0.3, -0.25) is 0 Å². The topological polar surface area (TPSA) is 67.3 Å². The van der Waals surface area contributed by atoms with E-state index in [1.54, 1.807) is 6.33 Å². The molecular weight excluding hydrogens is 340 g/mol. The average Bonchev–Trinajstić information content (AvgIpc) is 3.27. The zero-order chi connectivity index (χ0) is 18.4. The molecule has 0 aromatic carbocycles. The van der Waals surface area contributed by atoms with Crippen molar-refractivity contribution in [3.05, 3.63) is 35.4 Å². The van der Waals surface area contributed by atoms with Crippen molar-refractivity contribution in [3.8, 4) is 0 Å². The van der Waals surface area contributed by atoms with Crippen molar-refractivity contribution in [1.82, 2.24) is 20.2 Å². The van der Waals surface area contributed by atoms with Crippen molar-refractivity contribution in [2.75, 3.05) is 42.6 Å². The number of anilines is 2. The minimum atomic E-state index is 0.427. The number of nitrogens with zero attached hydrogens (tertiary/aromatic N) is 6. The lowest BCUT2D eigenvalue weighted by Gasteiger charge is -2.24. The van der Waals surface area contributed by atoms with Crippen LogP contribution in [0.3, 0.4) is 0 Å². The van der Waals surface area contributed by atoms with Crippen LogP contribution in [0.4, 0.5) is 11.6 Å². The van der Waals surface area contributed by atoms with Gasteiger partial charge in [0.25, 0.3) is 0 Å². The number of rotatable bonds is 3. The van der Waals surface area contributed by atoms with Gasteiger partial charge in [-0.2, -0.15) is 5.10 Å². The van der Waals surface area contributed by atoms with Gasteiger partial charge in [-0.15, -0.1) is 5.10 Å². The molecule has 0 aliphatic carbocycles. The molecule has 2 unspecified atom stereocenters. The van der Waals surface area contributed by atoms with E-state index in [2.05, 4.69) is 55.9 Å². The SMILES string of the molecule is CC(C)c1cc(N2CC3CN(c4cc5c(nn4)CCOC5)CC3C2)ncn1. The van der Waals surface area contributed by atoms with Gasteiger partial charge in [-0.25, -0.2) is 9.97 Å². The Labute approximate surface area is 159 Å². The summed E-state index contributed by atoms with van der Waals surface area (Å²) >= 11 is 0. The van der Waals surface area contributed by atoms with Crippen molar-refractivity contribution in [3.63, 3.8) is 0 Å². The molecule has 7 heteroatoms. The Morgan fingerprint density at radius 2 is 1.70 bits per heavy atom. The Hall–Kier alpha value is -2.28. The predicted octanol–water partition coefficient (Wildman–Crippen LogP) is 2.04. The van der Waals surface area contributed by atoms with Crippen LogP contribution in [0, 0.1) is 11.8 Å². The predicted molar refractivity (Wildman–Crippen MR) is 103 cm³/mol. The Balaban J connectivity index is 1.28. The highest BCUT2D eigenvalue weighted by molar-refractivity contribution is 5.46. The first-order valence-corrected chi connectivity index (χ1v) is 9.92. The van der Waals surface area contributed by atoms with E-state index in [1.807, 2.05) is 0 Å². The van der Waals surface area contributed by atoms with Gasteiger partial charge in [0.05, 0.1) is 18.9 Å². The number of hydrogen-bond acceptors (Lipinski definition) is 7. The van der Waals surface area contributed by atoms with Gasteiger partial charge in [0.2, 0.25) is 0 Å². The van der Waals surface area contributed by atoms with Crippen LogP contribution in [0.25, 0.3) is 0 Å². The molecule has 2 atom stereocenters. The van der Waals surface area contributed by atoms with E-state index in [0.717, 1.165) is 62.2 Å². The fourth-order valence-corrected chi connectivity index (χ4v) is 4.50. The van der Waals surface area contributed by atoms with Crippen LogP contribution in [-0.2, 0) is 17.8 Å². The molecule has 5 heterocycles. The van der Waals surface area contributed by atoms with Gasteiger partial charge < -0.3 is 14.5 Å². The molecule has 5 rings (SSSR count). The molecular formula is C20H26N6O. The third kappa shape index (κ3) is 3.14. The molecule has 0 spiro atoms. The van der Waals surface area contributed by atoms with E-state index in [9.17, 15) is 0 Å². The van der Waals surface area contributed by atoms with Gasteiger partial charge in [-0.1, -0.05) is 13.8 Å². The highest BCUT2D eigenvalue weighted by Crippen LogP contribution is 2.35. The molecule has 2 aromatic heterocycles. The zero-order valence-electron chi connectivity index (χ0n) is 16.0. The van der Waals surface area contributed by atoms with Gasteiger partial charge in [0, 0.05) is 61.8 Å². The normalized spacial score (nSPS) is 24.4. The van der Waals surface area contributed by atoms with Gasteiger partial charge >= 0.3 is 0 Å². The number of aromatic nitrogens is 4. The second-order valence-electron chi connectivity index (χ2n) is 8.26. The van der Waals surface area contributed by atoms with Crippen molar-refractivity contribution >= 4 is 11.6 Å². The molecule has 27 heavy (non-hydrogen) atoms. The molecule has 0 bridgehead atoms. The minimum Gasteiger partial charge on any atom is -0.376 e. The number of ether oxygens (including phenoxy) is 1. The molecule has 7 nitrogen and oxygen atoms in total. The quantitative estimate of drug-likeness (QED) is 0.823. The van der Waals surface area contributed by atoms with E-state index >= 15 is 0 Å². The first kappa shape index (κ1) is 16.9. The van der Waals surface area contributed by atoms with Crippen LogP contribution in [0.15, 0.2) is 18.5 Å². The standard InChI is InChI=1S/C20H26N6O/c1-13(2)18-6-19(22-12-21-18)25-7-15-9-26(10-16(15)8-25)20-5-14-11-27-4-3-17(14)23-24-20/h5-6,12-13,15-16H,3-4,7-11H2,1-2H3. The Morgan fingerprint density at radius 3 is 2.44 bits per heavy atom. The largest absolute Gasteiger partial charge is 0.376 e. The van der Waals surface area contributed by atoms with E-state index < -0.39 is 0 Å². The number of fused-ring (bicyclic) bond motifs is 2. The summed E-state index contributed by atoms with van der Waals surface area (Å²) in [5, 5.41) is 8.94. The maximum Gasteiger partial charge on any atom is 0.151 e. The van der Waals surface area contributed by atoms with Crippen LogP contribution >= 0.6 is 0 Å². The molecule has 2 saturated heterocycles. The molecule has 0 amide bonds. The number of hydrogen-bond donors (Lipinski definition) is 0. The summed E-state index contributed by atoms with van der Waals surface area (Å²) in [5.74, 6) is 3.80. The van der Waals surface area contributed by atoms with Crippen molar-refractivity contribution in [1.29, 1.82) is 0 Å². The highest BCUT2D eigenvalue weighted by atomic mass is 16.5. The van der Waals surface area contributed by atoms with Crippen LogP contribution in [0.5, 0.6) is 0 Å². The molecule has 2 aromatic rings. The molecule has 2 fully saturated rings. The fourth-order valence-electron chi connectivity index (χ4n) is 4.50. The van der Waals surface area contributed by atoms with Gasteiger partial charge in [0.15, 0.2) is 5.82 Å².